The van der Waals surface area contributed by atoms with Gasteiger partial charge in [0.25, 0.3) is 0 Å². The Morgan fingerprint density at radius 2 is 1.84 bits per heavy atom. The van der Waals surface area contributed by atoms with E-state index < -0.39 is 42.5 Å². The average molecular weight is 507 g/mol. The van der Waals surface area contributed by atoms with E-state index in [0.29, 0.717) is 11.6 Å². The molecule has 0 radical (unpaired) electrons. The quantitative estimate of drug-likeness (QED) is 0.624. The first-order valence-electron chi connectivity index (χ1n) is 10.3. The summed E-state index contributed by atoms with van der Waals surface area (Å²) in [5, 5.41) is 0. The van der Waals surface area contributed by atoms with Gasteiger partial charge >= 0.3 is 6.03 Å². The standard InChI is InChI=1S/C22H23BrN2O7/c1-22(2)31-19-18(28-3)17(30-20(19)32-22)14-11-15(26)24(13-8-6-12(23)7-9-13)21(27)25(14)16-5-4-10-29-16/h4-10,14,17-20H,11H2,1-3H3/t14?,17-,18+,19-,20-/m1/s1. The van der Waals surface area contributed by atoms with Gasteiger partial charge in [0, 0.05) is 17.6 Å². The number of fused-ring (bicyclic) bond motifs is 1. The van der Waals surface area contributed by atoms with Gasteiger partial charge in [-0.25, -0.2) is 9.69 Å². The number of imide groups is 1. The number of ether oxygens (including phenoxy) is 4. The van der Waals surface area contributed by atoms with Crippen molar-refractivity contribution in [1.82, 2.24) is 0 Å². The summed E-state index contributed by atoms with van der Waals surface area (Å²) < 4.78 is 30.1. The number of carbonyl (C=O) groups excluding carboxylic acids is 2. The van der Waals surface area contributed by atoms with Gasteiger partial charge < -0.3 is 23.4 Å². The fourth-order valence-corrected chi connectivity index (χ4v) is 4.84. The summed E-state index contributed by atoms with van der Waals surface area (Å²) in [5.74, 6) is -0.843. The van der Waals surface area contributed by atoms with E-state index >= 15 is 0 Å². The van der Waals surface area contributed by atoms with Crippen molar-refractivity contribution in [3.63, 3.8) is 0 Å². The molecule has 0 aliphatic carbocycles. The van der Waals surface area contributed by atoms with Gasteiger partial charge in [-0.05, 0) is 44.2 Å². The Morgan fingerprint density at radius 3 is 2.50 bits per heavy atom. The lowest BCUT2D eigenvalue weighted by molar-refractivity contribution is -0.219. The number of carbonyl (C=O) groups is 2. The molecule has 3 saturated heterocycles. The molecule has 1 aromatic heterocycles. The average Bonchev–Trinajstić information content (AvgIpc) is 3.43. The Balaban J connectivity index is 1.50. The minimum Gasteiger partial charge on any atom is -0.448 e. The molecule has 0 bridgehead atoms. The number of anilines is 2. The molecule has 3 aliphatic rings. The van der Waals surface area contributed by atoms with E-state index in [1.54, 1.807) is 57.4 Å². The number of nitrogens with zero attached hydrogens (tertiary/aromatic N) is 2. The molecule has 5 atom stereocenters. The monoisotopic (exact) mass is 506 g/mol. The first-order chi connectivity index (χ1) is 15.3. The molecule has 1 unspecified atom stereocenters. The number of benzene rings is 1. The van der Waals surface area contributed by atoms with Crippen LogP contribution in [0.3, 0.4) is 0 Å². The summed E-state index contributed by atoms with van der Waals surface area (Å²) in [4.78, 5) is 29.4. The molecule has 0 saturated carbocycles. The van der Waals surface area contributed by atoms with Gasteiger partial charge in [0.15, 0.2) is 12.1 Å². The third-order valence-corrected chi connectivity index (χ3v) is 6.40. The summed E-state index contributed by atoms with van der Waals surface area (Å²) in [6.45, 7) is 3.60. The maximum atomic E-state index is 13.6. The van der Waals surface area contributed by atoms with Gasteiger partial charge in [0.1, 0.15) is 18.3 Å². The first-order valence-corrected chi connectivity index (χ1v) is 11.1. The number of amides is 3. The molecule has 4 heterocycles. The van der Waals surface area contributed by atoms with Crippen LogP contribution in [0.5, 0.6) is 0 Å². The topological polar surface area (TPSA) is 90.7 Å². The highest BCUT2D eigenvalue weighted by atomic mass is 79.9. The van der Waals surface area contributed by atoms with Crippen LogP contribution in [0.25, 0.3) is 0 Å². The van der Waals surface area contributed by atoms with Crippen molar-refractivity contribution in [3.05, 3.63) is 47.1 Å². The van der Waals surface area contributed by atoms with Crippen LogP contribution in [0.1, 0.15) is 20.3 Å². The second-order valence-corrected chi connectivity index (χ2v) is 9.27. The minimum atomic E-state index is -0.811. The van der Waals surface area contributed by atoms with Crippen molar-refractivity contribution < 1.29 is 33.0 Å². The smallest absolute Gasteiger partial charge is 0.338 e. The van der Waals surface area contributed by atoms with Crippen LogP contribution in [0.15, 0.2) is 51.6 Å². The van der Waals surface area contributed by atoms with E-state index in [1.165, 1.54) is 11.2 Å². The highest BCUT2D eigenvalue weighted by molar-refractivity contribution is 9.10. The maximum absolute atomic E-state index is 13.6. The van der Waals surface area contributed by atoms with E-state index in [-0.39, 0.29) is 12.3 Å². The van der Waals surface area contributed by atoms with E-state index in [0.717, 1.165) is 9.37 Å². The maximum Gasteiger partial charge on any atom is 0.338 e. The summed E-state index contributed by atoms with van der Waals surface area (Å²) >= 11 is 3.38. The zero-order valence-corrected chi connectivity index (χ0v) is 19.4. The molecule has 3 amide bonds. The van der Waals surface area contributed by atoms with Gasteiger partial charge in [-0.2, -0.15) is 0 Å². The normalized spacial score (nSPS) is 31.9. The van der Waals surface area contributed by atoms with Crippen LogP contribution in [-0.4, -0.2) is 55.5 Å². The first kappa shape index (κ1) is 21.6. The molecular weight excluding hydrogens is 484 g/mol. The summed E-state index contributed by atoms with van der Waals surface area (Å²) in [5.41, 5.74) is 0.471. The summed E-state index contributed by atoms with van der Waals surface area (Å²) in [6, 6.07) is 9.13. The Morgan fingerprint density at radius 1 is 1.09 bits per heavy atom. The van der Waals surface area contributed by atoms with Crippen molar-refractivity contribution >= 4 is 39.4 Å². The lowest BCUT2D eigenvalue weighted by atomic mass is 9.96. The number of hydrogen-bond donors (Lipinski definition) is 0. The summed E-state index contributed by atoms with van der Waals surface area (Å²) in [7, 11) is 1.55. The Bertz CT molecular complexity index is 1010. The van der Waals surface area contributed by atoms with Crippen molar-refractivity contribution in [2.75, 3.05) is 16.9 Å². The van der Waals surface area contributed by atoms with Crippen LogP contribution in [0.2, 0.25) is 0 Å². The number of methoxy groups -OCH3 is 1. The van der Waals surface area contributed by atoms with Crippen molar-refractivity contribution in [2.24, 2.45) is 0 Å². The molecular formula is C22H23BrN2O7. The molecule has 1 aromatic carbocycles. The lowest BCUT2D eigenvalue weighted by Gasteiger charge is -2.42. The minimum absolute atomic E-state index is 0.00979. The third kappa shape index (κ3) is 3.56. The highest BCUT2D eigenvalue weighted by Gasteiger charge is 2.59. The predicted molar refractivity (Wildman–Crippen MR) is 116 cm³/mol. The van der Waals surface area contributed by atoms with Crippen molar-refractivity contribution in [2.45, 2.75) is 56.7 Å². The van der Waals surface area contributed by atoms with Crippen LogP contribution in [0, 0.1) is 0 Å². The molecule has 3 aliphatic heterocycles. The third-order valence-electron chi connectivity index (χ3n) is 5.87. The fraction of sp³-hybridized carbons (Fsp3) is 0.455. The van der Waals surface area contributed by atoms with Crippen LogP contribution >= 0.6 is 15.9 Å². The zero-order valence-electron chi connectivity index (χ0n) is 17.8. The SMILES string of the molecule is CO[C@@H]1[C@H]2OC(C)(C)O[C@H]2O[C@@H]1C1CC(=O)N(c2ccc(Br)cc2)C(=O)N1c1ccco1. The zero-order chi connectivity index (χ0) is 22.6. The molecule has 2 aromatic rings. The summed E-state index contributed by atoms with van der Waals surface area (Å²) in [6.07, 6.45) is -0.843. The molecule has 0 spiro atoms. The van der Waals surface area contributed by atoms with Crippen LogP contribution in [0.4, 0.5) is 16.4 Å². The fourth-order valence-electron chi connectivity index (χ4n) is 4.57. The van der Waals surface area contributed by atoms with Crippen molar-refractivity contribution in [1.29, 1.82) is 0 Å². The number of urea groups is 1. The Labute approximate surface area is 193 Å². The Hall–Kier alpha value is -2.24. The van der Waals surface area contributed by atoms with E-state index in [2.05, 4.69) is 15.9 Å². The highest BCUT2D eigenvalue weighted by Crippen LogP contribution is 2.42. The van der Waals surface area contributed by atoms with E-state index in [1.807, 2.05) is 0 Å². The predicted octanol–water partition coefficient (Wildman–Crippen LogP) is 3.67. The number of halogens is 1. The number of furan rings is 1. The molecule has 10 heteroatoms. The largest absolute Gasteiger partial charge is 0.448 e. The van der Waals surface area contributed by atoms with Gasteiger partial charge in [0.2, 0.25) is 11.8 Å². The van der Waals surface area contributed by atoms with Crippen molar-refractivity contribution in [3.8, 4) is 0 Å². The molecule has 170 valence electrons. The van der Waals surface area contributed by atoms with Gasteiger partial charge in [-0.3, -0.25) is 9.69 Å². The second kappa shape index (κ2) is 7.96. The van der Waals surface area contributed by atoms with Gasteiger partial charge in [-0.15, -0.1) is 0 Å². The molecule has 3 fully saturated rings. The van der Waals surface area contributed by atoms with Gasteiger partial charge in [0.05, 0.1) is 24.4 Å². The van der Waals surface area contributed by atoms with E-state index in [4.69, 9.17) is 23.4 Å². The number of hydrogen-bond acceptors (Lipinski definition) is 7. The van der Waals surface area contributed by atoms with Gasteiger partial charge in [-0.1, -0.05) is 15.9 Å². The molecule has 9 nitrogen and oxygen atoms in total. The molecule has 5 rings (SSSR count). The molecule has 0 N–H and O–H groups in total. The lowest BCUT2D eigenvalue weighted by Crippen LogP contribution is -2.63. The second-order valence-electron chi connectivity index (χ2n) is 8.35. The molecule has 32 heavy (non-hydrogen) atoms. The number of rotatable bonds is 4. The Kier molecular flexibility index (Phi) is 5.37. The van der Waals surface area contributed by atoms with Crippen LogP contribution in [-0.2, 0) is 23.7 Å². The van der Waals surface area contributed by atoms with Crippen LogP contribution < -0.4 is 9.80 Å². The van der Waals surface area contributed by atoms with E-state index in [9.17, 15) is 9.59 Å².